The van der Waals surface area contributed by atoms with Crippen molar-refractivity contribution in [3.63, 3.8) is 0 Å². The zero-order valence-corrected chi connectivity index (χ0v) is 15.1. The summed E-state index contributed by atoms with van der Waals surface area (Å²) in [6.45, 7) is 5.76. The van der Waals surface area contributed by atoms with Crippen molar-refractivity contribution in [2.45, 2.75) is 13.5 Å². The SMILES string of the molecule is CC(=O)N1CCN(Cc2nc(-c3cc(Cl)ccc3Cl)cs2)CC1. The molecular weight excluding hydrogens is 353 g/mol. The zero-order valence-electron chi connectivity index (χ0n) is 12.8. The topological polar surface area (TPSA) is 36.4 Å². The number of thiazole rings is 1. The average Bonchev–Trinajstić information content (AvgIpc) is 2.98. The molecule has 1 aromatic heterocycles. The molecule has 0 atom stereocenters. The molecule has 0 bridgehead atoms. The molecule has 0 saturated carbocycles. The molecule has 1 aliphatic heterocycles. The lowest BCUT2D eigenvalue weighted by Gasteiger charge is -2.33. The van der Waals surface area contributed by atoms with Gasteiger partial charge in [-0.3, -0.25) is 9.69 Å². The normalized spacial score (nSPS) is 15.9. The number of piperazine rings is 1. The van der Waals surface area contributed by atoms with Crippen LogP contribution in [0.5, 0.6) is 0 Å². The predicted octanol–water partition coefficient (Wildman–Crippen LogP) is 3.78. The Hall–Kier alpha value is -1.14. The Kier molecular flexibility index (Phi) is 5.21. The van der Waals surface area contributed by atoms with Crippen LogP contribution in [-0.2, 0) is 11.3 Å². The molecule has 0 spiro atoms. The number of benzene rings is 1. The quantitative estimate of drug-likeness (QED) is 0.825. The van der Waals surface area contributed by atoms with Crippen molar-refractivity contribution in [2.75, 3.05) is 26.2 Å². The van der Waals surface area contributed by atoms with E-state index in [1.165, 1.54) is 0 Å². The van der Waals surface area contributed by atoms with Gasteiger partial charge in [0.25, 0.3) is 0 Å². The van der Waals surface area contributed by atoms with Gasteiger partial charge in [0.05, 0.1) is 17.3 Å². The van der Waals surface area contributed by atoms with Crippen LogP contribution in [0, 0.1) is 0 Å². The fraction of sp³-hybridized carbons (Fsp3) is 0.375. The lowest BCUT2D eigenvalue weighted by molar-refractivity contribution is -0.130. The van der Waals surface area contributed by atoms with Crippen molar-refractivity contribution in [2.24, 2.45) is 0 Å². The molecule has 2 heterocycles. The first-order valence-electron chi connectivity index (χ1n) is 7.40. The Morgan fingerprint density at radius 3 is 2.70 bits per heavy atom. The van der Waals surface area contributed by atoms with Gasteiger partial charge in [0.15, 0.2) is 0 Å². The van der Waals surface area contributed by atoms with Crippen molar-refractivity contribution in [1.29, 1.82) is 0 Å². The van der Waals surface area contributed by atoms with Crippen molar-refractivity contribution in [3.05, 3.63) is 38.6 Å². The number of hydrogen-bond acceptors (Lipinski definition) is 4. The van der Waals surface area contributed by atoms with Gasteiger partial charge in [-0.15, -0.1) is 11.3 Å². The zero-order chi connectivity index (χ0) is 16.4. The van der Waals surface area contributed by atoms with Gasteiger partial charge in [-0.25, -0.2) is 4.98 Å². The monoisotopic (exact) mass is 369 g/mol. The van der Waals surface area contributed by atoms with Gasteiger partial charge in [-0.1, -0.05) is 23.2 Å². The molecule has 3 rings (SSSR count). The molecule has 1 aromatic carbocycles. The van der Waals surface area contributed by atoms with Crippen LogP contribution < -0.4 is 0 Å². The number of rotatable bonds is 3. The van der Waals surface area contributed by atoms with E-state index in [0.29, 0.717) is 10.0 Å². The third-order valence-electron chi connectivity index (χ3n) is 3.93. The maximum absolute atomic E-state index is 11.4. The molecule has 122 valence electrons. The van der Waals surface area contributed by atoms with Gasteiger partial charge in [0, 0.05) is 49.1 Å². The summed E-state index contributed by atoms with van der Waals surface area (Å²) in [5, 5.41) is 4.37. The second kappa shape index (κ2) is 7.18. The first-order chi connectivity index (χ1) is 11.0. The van der Waals surface area contributed by atoms with E-state index in [1.54, 1.807) is 30.4 Å². The Bertz CT molecular complexity index is 711. The maximum Gasteiger partial charge on any atom is 0.219 e. The molecule has 0 radical (unpaired) electrons. The average molecular weight is 370 g/mol. The molecule has 0 unspecified atom stereocenters. The van der Waals surface area contributed by atoms with E-state index in [2.05, 4.69) is 9.88 Å². The van der Waals surface area contributed by atoms with Crippen LogP contribution in [0.4, 0.5) is 0 Å². The highest BCUT2D eigenvalue weighted by molar-refractivity contribution is 7.09. The second-order valence-electron chi connectivity index (χ2n) is 5.53. The van der Waals surface area contributed by atoms with E-state index in [-0.39, 0.29) is 5.91 Å². The third-order valence-corrected chi connectivity index (χ3v) is 5.33. The van der Waals surface area contributed by atoms with Gasteiger partial charge >= 0.3 is 0 Å². The van der Waals surface area contributed by atoms with E-state index >= 15 is 0 Å². The van der Waals surface area contributed by atoms with Gasteiger partial charge in [-0.2, -0.15) is 0 Å². The fourth-order valence-electron chi connectivity index (χ4n) is 2.61. The van der Waals surface area contributed by atoms with Crippen molar-refractivity contribution in [1.82, 2.24) is 14.8 Å². The fourth-order valence-corrected chi connectivity index (χ4v) is 3.84. The van der Waals surface area contributed by atoms with Crippen LogP contribution in [0.1, 0.15) is 11.9 Å². The summed E-state index contributed by atoms with van der Waals surface area (Å²) in [5.74, 6) is 0.150. The Balaban J connectivity index is 1.66. The summed E-state index contributed by atoms with van der Waals surface area (Å²) >= 11 is 13.9. The number of hydrogen-bond donors (Lipinski definition) is 0. The van der Waals surface area contributed by atoms with Gasteiger partial charge in [-0.05, 0) is 18.2 Å². The number of aromatic nitrogens is 1. The van der Waals surface area contributed by atoms with Crippen molar-refractivity contribution in [3.8, 4) is 11.3 Å². The minimum atomic E-state index is 0.150. The molecule has 1 fully saturated rings. The highest BCUT2D eigenvalue weighted by atomic mass is 35.5. The highest BCUT2D eigenvalue weighted by Gasteiger charge is 2.19. The van der Waals surface area contributed by atoms with Crippen molar-refractivity contribution < 1.29 is 4.79 Å². The minimum absolute atomic E-state index is 0.150. The van der Waals surface area contributed by atoms with Crippen LogP contribution in [0.15, 0.2) is 23.6 Å². The number of nitrogens with zero attached hydrogens (tertiary/aromatic N) is 3. The molecule has 0 aliphatic carbocycles. The molecule has 1 saturated heterocycles. The summed E-state index contributed by atoms with van der Waals surface area (Å²) < 4.78 is 0. The van der Waals surface area contributed by atoms with Crippen LogP contribution >= 0.6 is 34.5 Å². The Labute approximate surface area is 149 Å². The molecule has 23 heavy (non-hydrogen) atoms. The second-order valence-corrected chi connectivity index (χ2v) is 7.32. The lowest BCUT2D eigenvalue weighted by atomic mass is 10.2. The smallest absolute Gasteiger partial charge is 0.219 e. The van der Waals surface area contributed by atoms with Crippen LogP contribution in [0.25, 0.3) is 11.3 Å². The molecule has 4 nitrogen and oxygen atoms in total. The number of carbonyl (C=O) groups excluding carboxylic acids is 1. The predicted molar refractivity (Wildman–Crippen MR) is 95.1 cm³/mol. The third kappa shape index (κ3) is 4.04. The van der Waals surface area contributed by atoms with E-state index in [4.69, 9.17) is 23.2 Å². The maximum atomic E-state index is 11.4. The van der Waals surface area contributed by atoms with Crippen LogP contribution in [0.3, 0.4) is 0 Å². The van der Waals surface area contributed by atoms with E-state index in [9.17, 15) is 4.79 Å². The Morgan fingerprint density at radius 2 is 2.00 bits per heavy atom. The lowest BCUT2D eigenvalue weighted by Crippen LogP contribution is -2.47. The highest BCUT2D eigenvalue weighted by Crippen LogP contribution is 2.31. The standard InChI is InChI=1S/C16H17Cl2N3OS/c1-11(22)21-6-4-20(5-7-21)9-16-19-15(10-23-16)13-8-12(17)2-3-14(13)18/h2-3,8,10H,4-7,9H2,1H3. The summed E-state index contributed by atoms with van der Waals surface area (Å²) in [4.78, 5) is 20.2. The van der Waals surface area contributed by atoms with Gasteiger partial charge in [0.1, 0.15) is 5.01 Å². The van der Waals surface area contributed by atoms with Crippen molar-refractivity contribution >= 4 is 40.4 Å². The summed E-state index contributed by atoms with van der Waals surface area (Å²) in [5.41, 5.74) is 1.72. The van der Waals surface area contributed by atoms with E-state index < -0.39 is 0 Å². The number of halogens is 2. The molecule has 1 aliphatic rings. The first-order valence-corrected chi connectivity index (χ1v) is 9.04. The minimum Gasteiger partial charge on any atom is -0.340 e. The molecule has 1 amide bonds. The number of carbonyl (C=O) groups is 1. The van der Waals surface area contributed by atoms with Gasteiger partial charge in [0.2, 0.25) is 5.91 Å². The largest absolute Gasteiger partial charge is 0.340 e. The number of amides is 1. The Morgan fingerprint density at radius 1 is 1.26 bits per heavy atom. The molecule has 7 heteroatoms. The molecule has 0 N–H and O–H groups in total. The summed E-state index contributed by atoms with van der Waals surface area (Å²) in [6.07, 6.45) is 0. The first kappa shape index (κ1) is 16.7. The molecule has 2 aromatic rings. The van der Waals surface area contributed by atoms with E-state index in [0.717, 1.165) is 49.0 Å². The summed E-state index contributed by atoms with van der Waals surface area (Å²) in [6, 6.07) is 5.41. The van der Waals surface area contributed by atoms with Crippen LogP contribution in [0.2, 0.25) is 10.0 Å². The summed E-state index contributed by atoms with van der Waals surface area (Å²) in [7, 11) is 0. The molecular formula is C16H17Cl2N3OS. The van der Waals surface area contributed by atoms with Crippen LogP contribution in [-0.4, -0.2) is 46.9 Å². The van der Waals surface area contributed by atoms with Gasteiger partial charge < -0.3 is 4.90 Å². The van der Waals surface area contributed by atoms with E-state index in [1.807, 2.05) is 16.3 Å².